The van der Waals surface area contributed by atoms with E-state index in [1.54, 1.807) is 13.0 Å². The summed E-state index contributed by atoms with van der Waals surface area (Å²) in [6.07, 6.45) is -4.63. The second kappa shape index (κ2) is 18.8. The van der Waals surface area contributed by atoms with Crippen LogP contribution in [-0.4, -0.2) is 103 Å². The van der Waals surface area contributed by atoms with Gasteiger partial charge in [0, 0.05) is 30.7 Å². The smallest absolute Gasteiger partial charge is 0.274 e. The first-order valence-electron chi connectivity index (χ1n) is 15.2. The van der Waals surface area contributed by atoms with Gasteiger partial charge in [0.25, 0.3) is 15.6 Å². The molecule has 1 aliphatic heterocycles. The van der Waals surface area contributed by atoms with Gasteiger partial charge >= 0.3 is 0 Å². The second-order valence-electron chi connectivity index (χ2n) is 11.7. The van der Waals surface area contributed by atoms with Gasteiger partial charge in [0.05, 0.1) is 27.4 Å². The van der Waals surface area contributed by atoms with E-state index in [0.29, 0.717) is 5.75 Å². The molecule has 1 saturated heterocycles. The van der Waals surface area contributed by atoms with Crippen LogP contribution in [-0.2, 0) is 50.7 Å². The Morgan fingerprint density at radius 1 is 1.11 bits per heavy atom. The summed E-state index contributed by atoms with van der Waals surface area (Å²) in [4.78, 5) is 95.1. The number of hydrogen-bond donors (Lipinski definition) is 5. The standard InChI is InChI=1S/C25H40N7O17P3S/c1-4-5-16(34)53-9-8-27-15(33)6-7-28-23(37)20(36)25(2,3)11-46-52(43,44)49-51(41,42)45-10-14-19(48-50(38,39)40)18(35)24(47-14)32-13-31-17-21(26)29-12-30-22(17)32/h4-5,12-14,18-20,24,35-36H,6-11H2,1-3H3,(H,27,33)(H,28,37)(H,41,42)(H,43,44)(H2,26,29,30)(H2,38,39,40)/p-4/b5-4+. The van der Waals surface area contributed by atoms with Crippen LogP contribution in [0.5, 0.6) is 0 Å². The second-order valence-corrected chi connectivity index (χ2v) is 16.8. The maximum atomic E-state index is 12.5. The van der Waals surface area contributed by atoms with Gasteiger partial charge in [0.2, 0.25) is 16.9 Å². The van der Waals surface area contributed by atoms with Crippen molar-refractivity contribution in [3.05, 3.63) is 24.8 Å². The van der Waals surface area contributed by atoms with E-state index >= 15 is 0 Å². The largest absolute Gasteiger partial charge is 0.790 e. The van der Waals surface area contributed by atoms with Gasteiger partial charge in [-0.3, -0.25) is 28.1 Å². The van der Waals surface area contributed by atoms with Crippen molar-refractivity contribution >= 4 is 69.1 Å². The van der Waals surface area contributed by atoms with Gasteiger partial charge in [-0.15, -0.1) is 0 Å². The number of fused-ring (bicyclic) bond motifs is 1. The molecule has 2 aromatic rings. The van der Waals surface area contributed by atoms with Crippen molar-refractivity contribution < 1.29 is 80.5 Å². The number of nitrogen functional groups attached to an aromatic ring is 1. The first kappa shape index (κ1) is 44.7. The quantitative estimate of drug-likeness (QED) is 0.0496. The Balaban J connectivity index is 1.52. The minimum Gasteiger partial charge on any atom is -0.790 e. The van der Waals surface area contributed by atoms with Crippen LogP contribution in [0.1, 0.15) is 33.4 Å². The Bertz CT molecular complexity index is 1790. The number of aromatic nitrogens is 4. The SMILES string of the molecule is C/C=C/C(=O)SCCNC(=O)CCNC(=O)C(O)C(C)(C)COP(=O)([O-])OP(=O)([O-])OCC1OC(n2cnc3c(N)ncnc32)C(O)C1OP(=O)([O-])[O-]. The summed E-state index contributed by atoms with van der Waals surface area (Å²) in [5, 5.41) is 25.9. The van der Waals surface area contributed by atoms with Crippen LogP contribution in [0.2, 0.25) is 0 Å². The highest BCUT2D eigenvalue weighted by atomic mass is 32.2. The number of aliphatic hydroxyl groups is 2. The van der Waals surface area contributed by atoms with E-state index in [1.807, 2.05) is 0 Å². The molecule has 298 valence electrons. The first-order chi connectivity index (χ1) is 24.6. The lowest BCUT2D eigenvalue weighted by Crippen LogP contribution is -2.46. The van der Waals surface area contributed by atoms with Crippen molar-refractivity contribution in [3.63, 3.8) is 0 Å². The Labute approximate surface area is 305 Å². The Hall–Kier alpha value is -2.70. The molecule has 0 bridgehead atoms. The van der Waals surface area contributed by atoms with E-state index in [4.69, 9.17) is 10.5 Å². The number of phosphoric ester groups is 3. The Morgan fingerprint density at radius 3 is 2.45 bits per heavy atom. The molecule has 0 aliphatic carbocycles. The van der Waals surface area contributed by atoms with Gasteiger partial charge in [0.15, 0.2) is 17.7 Å². The van der Waals surface area contributed by atoms with E-state index in [1.165, 1.54) is 19.9 Å². The third-order valence-electron chi connectivity index (χ3n) is 7.02. The Kier molecular flexibility index (Phi) is 15.8. The van der Waals surface area contributed by atoms with Crippen molar-refractivity contribution in [1.82, 2.24) is 30.2 Å². The average Bonchev–Trinajstić information content (AvgIpc) is 3.61. The molecule has 0 saturated carbocycles. The zero-order chi connectivity index (χ0) is 39.8. The van der Waals surface area contributed by atoms with E-state index in [9.17, 15) is 57.9 Å². The lowest BCUT2D eigenvalue weighted by atomic mass is 9.87. The molecule has 1 aliphatic rings. The lowest BCUT2D eigenvalue weighted by Gasteiger charge is -2.36. The number of anilines is 1. The fourth-order valence-corrected chi connectivity index (χ4v) is 7.82. The zero-order valence-corrected chi connectivity index (χ0v) is 31.6. The van der Waals surface area contributed by atoms with E-state index < -0.39 is 84.6 Å². The highest BCUT2D eigenvalue weighted by Crippen LogP contribution is 2.56. The van der Waals surface area contributed by atoms with Crippen LogP contribution in [0.3, 0.4) is 0 Å². The third-order valence-corrected chi connectivity index (χ3v) is 10.9. The molecular formula is C25H36N7O17P3S-4. The number of rotatable bonds is 20. The number of thioether (sulfide) groups is 1. The van der Waals surface area contributed by atoms with Crippen LogP contribution < -0.4 is 35.9 Å². The predicted octanol–water partition coefficient (Wildman–Crippen LogP) is -3.29. The molecule has 0 aromatic carbocycles. The third kappa shape index (κ3) is 13.5. The zero-order valence-electron chi connectivity index (χ0n) is 28.1. The minimum absolute atomic E-state index is 0.0218. The van der Waals surface area contributed by atoms with Crippen molar-refractivity contribution in [1.29, 1.82) is 0 Å². The number of hydrogen-bond acceptors (Lipinski definition) is 22. The number of nitrogens with one attached hydrogen (secondary N) is 2. The number of allylic oxidation sites excluding steroid dienone is 1. The van der Waals surface area contributed by atoms with Gasteiger partial charge in [-0.25, -0.2) is 19.3 Å². The topological polar surface area (TPSA) is 375 Å². The summed E-state index contributed by atoms with van der Waals surface area (Å²) in [6.45, 7) is 1.76. The first-order valence-corrected chi connectivity index (χ1v) is 20.5. The number of imidazole rings is 1. The maximum absolute atomic E-state index is 12.5. The van der Waals surface area contributed by atoms with Gasteiger partial charge < -0.3 is 69.0 Å². The fourth-order valence-electron chi connectivity index (χ4n) is 4.44. The number of carbonyl (C=O) groups is 3. The molecule has 7 atom stereocenters. The van der Waals surface area contributed by atoms with E-state index in [-0.39, 0.29) is 41.6 Å². The molecule has 7 unspecified atom stereocenters. The minimum atomic E-state index is -5.91. The highest BCUT2D eigenvalue weighted by Gasteiger charge is 2.47. The summed E-state index contributed by atoms with van der Waals surface area (Å²) in [5.41, 5.74) is 4.06. The van der Waals surface area contributed by atoms with E-state index in [0.717, 1.165) is 29.0 Å². The average molecular weight is 832 g/mol. The Morgan fingerprint density at radius 2 is 1.79 bits per heavy atom. The van der Waals surface area contributed by atoms with Crippen molar-refractivity contribution in [2.45, 2.75) is 57.8 Å². The molecule has 53 heavy (non-hydrogen) atoms. The fraction of sp³-hybridized carbons (Fsp3) is 0.600. The molecular weight excluding hydrogens is 795 g/mol. The summed E-state index contributed by atoms with van der Waals surface area (Å²) in [7, 11) is -17.6. The van der Waals surface area contributed by atoms with Crippen LogP contribution in [0.25, 0.3) is 11.2 Å². The predicted molar refractivity (Wildman–Crippen MR) is 173 cm³/mol. The highest BCUT2D eigenvalue weighted by molar-refractivity contribution is 8.14. The molecule has 24 nitrogen and oxygen atoms in total. The molecule has 6 N–H and O–H groups in total. The molecule has 3 heterocycles. The lowest BCUT2D eigenvalue weighted by molar-refractivity contribution is -0.347. The van der Waals surface area contributed by atoms with Crippen LogP contribution >= 0.6 is 35.2 Å². The number of aliphatic hydroxyl groups excluding tert-OH is 2. The maximum Gasteiger partial charge on any atom is 0.274 e. The number of nitrogens with two attached hydrogens (primary N) is 1. The molecule has 1 fully saturated rings. The van der Waals surface area contributed by atoms with Gasteiger partial charge in [-0.2, -0.15) is 0 Å². The summed E-state index contributed by atoms with van der Waals surface area (Å²) < 4.78 is 60.3. The number of ether oxygens (including phenoxy) is 1. The molecule has 2 amide bonds. The molecule has 28 heteroatoms. The monoisotopic (exact) mass is 831 g/mol. The summed E-state index contributed by atoms with van der Waals surface area (Å²) in [5.74, 6) is -1.24. The normalized spacial score (nSPS) is 22.4. The molecule has 0 spiro atoms. The van der Waals surface area contributed by atoms with Crippen molar-refractivity contribution in [2.24, 2.45) is 5.41 Å². The van der Waals surface area contributed by atoms with Crippen LogP contribution in [0.15, 0.2) is 24.8 Å². The van der Waals surface area contributed by atoms with E-state index in [2.05, 4.69) is 43.5 Å². The van der Waals surface area contributed by atoms with Crippen LogP contribution in [0, 0.1) is 5.41 Å². The summed E-state index contributed by atoms with van der Waals surface area (Å²) >= 11 is 0.996. The van der Waals surface area contributed by atoms with Gasteiger partial charge in [-0.05, 0) is 13.0 Å². The number of carbonyl (C=O) groups excluding carboxylic acids is 3. The van der Waals surface area contributed by atoms with Crippen molar-refractivity contribution in [3.8, 4) is 0 Å². The van der Waals surface area contributed by atoms with Crippen molar-refractivity contribution in [2.75, 3.05) is 37.8 Å². The summed E-state index contributed by atoms with van der Waals surface area (Å²) in [6, 6.07) is 0. The van der Waals surface area contributed by atoms with Crippen LogP contribution in [0.4, 0.5) is 5.82 Å². The van der Waals surface area contributed by atoms with Gasteiger partial charge in [-0.1, -0.05) is 31.7 Å². The van der Waals surface area contributed by atoms with Gasteiger partial charge in [0.1, 0.15) is 36.3 Å². The molecule has 2 aromatic heterocycles. The molecule has 3 rings (SSSR count). The number of nitrogens with zero attached hydrogens (tertiary/aromatic N) is 4. The number of phosphoric acid groups is 3. The number of amides is 2. The molecule has 0 radical (unpaired) electrons.